The maximum Gasteiger partial charge on any atom is 0.0541 e. The molecule has 0 saturated heterocycles. The molecule has 11 rings (SSSR count). The number of rotatable bonds is 6. The molecular weight excluding hydrogens is 735 g/mol. The summed E-state index contributed by atoms with van der Waals surface area (Å²) in [5.41, 5.74) is 21.2. The van der Waals surface area contributed by atoms with Crippen molar-refractivity contribution in [3.8, 4) is 61.3 Å². The Kier molecular flexibility index (Phi) is 8.79. The maximum atomic E-state index is 2.42. The molecule has 0 saturated carbocycles. The molecule has 0 unspecified atom stereocenters. The Hall–Kier alpha value is -7.48. The van der Waals surface area contributed by atoms with E-state index in [4.69, 9.17) is 0 Å². The third-order valence-electron chi connectivity index (χ3n) is 13.0. The molecule has 1 nitrogen and oxygen atoms in total. The minimum absolute atomic E-state index is 1.18. The molecule has 0 atom stereocenters. The van der Waals surface area contributed by atoms with Crippen molar-refractivity contribution in [2.75, 3.05) is 0 Å². The topological polar surface area (TPSA) is 4.93 Å². The summed E-state index contributed by atoms with van der Waals surface area (Å²) in [4.78, 5) is 0. The van der Waals surface area contributed by atoms with Crippen LogP contribution in [-0.2, 0) is 0 Å². The molecule has 1 heterocycles. The molecule has 0 bridgehead atoms. The van der Waals surface area contributed by atoms with Crippen molar-refractivity contribution in [1.82, 2.24) is 4.57 Å². The van der Waals surface area contributed by atoms with Gasteiger partial charge in [0.1, 0.15) is 0 Å². The second-order valence-corrected chi connectivity index (χ2v) is 16.7. The zero-order valence-corrected chi connectivity index (χ0v) is 35.0. The van der Waals surface area contributed by atoms with Crippen molar-refractivity contribution < 1.29 is 0 Å². The van der Waals surface area contributed by atoms with E-state index in [1.165, 1.54) is 127 Å². The van der Waals surface area contributed by atoms with Crippen molar-refractivity contribution in [3.63, 3.8) is 0 Å². The van der Waals surface area contributed by atoms with Gasteiger partial charge in [0.05, 0.1) is 11.0 Å². The third kappa shape index (κ3) is 6.24. The van der Waals surface area contributed by atoms with E-state index in [1.54, 1.807) is 0 Å². The fraction of sp³-hybridized carbons (Fsp3) is 0.0667. The predicted octanol–water partition coefficient (Wildman–Crippen LogP) is 16.7. The Labute approximate surface area is 357 Å². The highest BCUT2D eigenvalue weighted by molar-refractivity contribution is 6.22. The minimum Gasteiger partial charge on any atom is -0.309 e. The van der Waals surface area contributed by atoms with Crippen molar-refractivity contribution in [1.29, 1.82) is 0 Å². The molecule has 0 amide bonds. The van der Waals surface area contributed by atoms with Crippen LogP contribution in [0.4, 0.5) is 0 Å². The molecule has 0 N–H and O–H groups in total. The maximum absolute atomic E-state index is 2.42. The summed E-state index contributed by atoms with van der Waals surface area (Å²) in [6.07, 6.45) is 0. The molecule has 61 heavy (non-hydrogen) atoms. The lowest BCUT2D eigenvalue weighted by molar-refractivity contribution is 1.18. The van der Waals surface area contributed by atoms with Crippen LogP contribution in [0.15, 0.2) is 200 Å². The van der Waals surface area contributed by atoms with Crippen LogP contribution >= 0.6 is 0 Å². The van der Waals surface area contributed by atoms with Crippen LogP contribution in [0.3, 0.4) is 0 Å². The van der Waals surface area contributed by atoms with Gasteiger partial charge in [0.2, 0.25) is 0 Å². The normalized spacial score (nSPS) is 11.6. The van der Waals surface area contributed by atoms with Gasteiger partial charge >= 0.3 is 0 Å². The Morgan fingerprint density at radius 1 is 0.246 bits per heavy atom. The number of aromatic nitrogens is 1. The average Bonchev–Trinajstić information content (AvgIpc) is 3.64. The van der Waals surface area contributed by atoms with Crippen molar-refractivity contribution in [2.45, 2.75) is 27.7 Å². The number of hydrogen-bond donors (Lipinski definition) is 0. The molecule has 0 aliphatic rings. The number of benzene rings is 10. The number of fused-ring (bicyclic) bond motifs is 5. The van der Waals surface area contributed by atoms with Gasteiger partial charge in [-0.25, -0.2) is 0 Å². The summed E-state index contributed by atoms with van der Waals surface area (Å²) in [6.45, 7) is 8.96. The standard InChI is InChI=1S/C60H45N/c1-38-33-53-55(35-40(38)3)60(56-36-41(4)39(2)34-54(56)59(53)47-27-23-43(24-28-47)42-13-7-5-8-14-42)48-29-25-45(26-30-48)44-19-21-46(22-20-44)49-31-32-58-52(37-49)51-17-11-12-18-57(51)61(58)50-15-9-6-10-16-50/h5-37H,1-4H3. The Morgan fingerprint density at radius 3 is 1.07 bits per heavy atom. The molecule has 10 aromatic carbocycles. The molecule has 0 aliphatic carbocycles. The number of nitrogens with zero attached hydrogens (tertiary/aromatic N) is 1. The van der Waals surface area contributed by atoms with Gasteiger partial charge in [-0.1, -0.05) is 170 Å². The highest BCUT2D eigenvalue weighted by Gasteiger charge is 2.20. The van der Waals surface area contributed by atoms with Gasteiger partial charge in [0.25, 0.3) is 0 Å². The van der Waals surface area contributed by atoms with E-state index in [1.807, 2.05) is 0 Å². The van der Waals surface area contributed by atoms with E-state index in [0.717, 1.165) is 0 Å². The first-order chi connectivity index (χ1) is 29.9. The van der Waals surface area contributed by atoms with E-state index in [0.29, 0.717) is 0 Å². The highest BCUT2D eigenvalue weighted by atomic mass is 15.0. The second kappa shape index (κ2) is 14.7. The van der Waals surface area contributed by atoms with E-state index >= 15 is 0 Å². The first kappa shape index (κ1) is 36.6. The van der Waals surface area contributed by atoms with Gasteiger partial charge in [-0.2, -0.15) is 0 Å². The van der Waals surface area contributed by atoms with Crippen molar-refractivity contribution >= 4 is 43.4 Å². The van der Waals surface area contributed by atoms with E-state index in [-0.39, 0.29) is 0 Å². The van der Waals surface area contributed by atoms with E-state index in [9.17, 15) is 0 Å². The molecule has 11 aromatic rings. The van der Waals surface area contributed by atoms with Crippen LogP contribution in [0.1, 0.15) is 22.3 Å². The van der Waals surface area contributed by atoms with Gasteiger partial charge in [-0.05, 0) is 157 Å². The zero-order chi connectivity index (χ0) is 41.2. The van der Waals surface area contributed by atoms with Crippen molar-refractivity contribution in [2.24, 2.45) is 0 Å². The fourth-order valence-electron chi connectivity index (χ4n) is 9.52. The summed E-state index contributed by atoms with van der Waals surface area (Å²) in [6, 6.07) is 74.1. The molecule has 1 heteroatoms. The summed E-state index contributed by atoms with van der Waals surface area (Å²) >= 11 is 0. The predicted molar refractivity (Wildman–Crippen MR) is 262 cm³/mol. The van der Waals surface area contributed by atoms with Gasteiger partial charge in [-0.15, -0.1) is 0 Å². The van der Waals surface area contributed by atoms with E-state index < -0.39 is 0 Å². The van der Waals surface area contributed by atoms with Gasteiger partial charge < -0.3 is 4.57 Å². The second-order valence-electron chi connectivity index (χ2n) is 16.7. The van der Waals surface area contributed by atoms with Crippen LogP contribution < -0.4 is 0 Å². The van der Waals surface area contributed by atoms with E-state index in [2.05, 4.69) is 232 Å². The van der Waals surface area contributed by atoms with Crippen LogP contribution in [0.5, 0.6) is 0 Å². The molecule has 0 spiro atoms. The lowest BCUT2D eigenvalue weighted by atomic mass is 9.83. The third-order valence-corrected chi connectivity index (χ3v) is 13.0. The Bertz CT molecular complexity index is 3370. The molecule has 1 aromatic heterocycles. The first-order valence-electron chi connectivity index (χ1n) is 21.3. The highest BCUT2D eigenvalue weighted by Crippen LogP contribution is 2.46. The lowest BCUT2D eigenvalue weighted by Gasteiger charge is -2.21. The summed E-state index contributed by atoms with van der Waals surface area (Å²) in [5, 5.41) is 7.71. The SMILES string of the molecule is Cc1cc2c(-c3ccc(-c4ccccc4)cc3)c3cc(C)c(C)cc3c(-c3ccc(-c4ccc(-c5ccc6c(c5)c5ccccc5n6-c5ccccc5)cc4)cc3)c2cc1C. The van der Waals surface area contributed by atoms with Crippen LogP contribution in [0.2, 0.25) is 0 Å². The number of hydrogen-bond acceptors (Lipinski definition) is 0. The van der Waals surface area contributed by atoms with Gasteiger partial charge in [0.15, 0.2) is 0 Å². The Balaban J connectivity index is 0.981. The smallest absolute Gasteiger partial charge is 0.0541 e. The number of aryl methyl sites for hydroxylation is 4. The van der Waals surface area contributed by atoms with Gasteiger partial charge in [-0.3, -0.25) is 0 Å². The monoisotopic (exact) mass is 779 g/mol. The van der Waals surface area contributed by atoms with Crippen LogP contribution in [0, 0.1) is 27.7 Å². The summed E-state index contributed by atoms with van der Waals surface area (Å²) in [5.74, 6) is 0. The van der Waals surface area contributed by atoms with Gasteiger partial charge in [0, 0.05) is 16.5 Å². The average molecular weight is 780 g/mol. The van der Waals surface area contributed by atoms with Crippen LogP contribution in [-0.4, -0.2) is 4.57 Å². The van der Waals surface area contributed by atoms with Crippen molar-refractivity contribution in [3.05, 3.63) is 222 Å². The molecular formula is C60H45N. The minimum atomic E-state index is 1.18. The molecule has 290 valence electrons. The Morgan fingerprint density at radius 2 is 0.590 bits per heavy atom. The lowest BCUT2D eigenvalue weighted by Crippen LogP contribution is -1.95. The summed E-state index contributed by atoms with van der Waals surface area (Å²) in [7, 11) is 0. The number of para-hydroxylation sites is 2. The quantitative estimate of drug-likeness (QED) is 0.148. The largest absolute Gasteiger partial charge is 0.309 e. The first-order valence-corrected chi connectivity index (χ1v) is 21.3. The molecule has 0 radical (unpaired) electrons. The molecule has 0 fully saturated rings. The summed E-state index contributed by atoms with van der Waals surface area (Å²) < 4.78 is 2.37. The van der Waals surface area contributed by atoms with Crippen LogP contribution in [0.25, 0.3) is 105 Å². The zero-order valence-electron chi connectivity index (χ0n) is 35.0. The molecule has 0 aliphatic heterocycles. The fourth-order valence-corrected chi connectivity index (χ4v) is 9.52.